The van der Waals surface area contributed by atoms with Gasteiger partial charge < -0.3 is 15.1 Å². The number of nitrogens with zero attached hydrogens (tertiary/aromatic N) is 2. The fraction of sp³-hybridized carbons (Fsp3) is 0.462. The molecule has 0 spiro atoms. The summed E-state index contributed by atoms with van der Waals surface area (Å²) in [5.41, 5.74) is -1.67. The lowest BCUT2D eigenvalue weighted by Crippen LogP contribution is -2.39. The molecule has 1 rings (SSSR count). The fourth-order valence-corrected chi connectivity index (χ4v) is 1.99. The lowest BCUT2D eigenvalue weighted by atomic mass is 10.1. The van der Waals surface area contributed by atoms with Crippen LogP contribution in [0, 0.1) is 10.1 Å². The number of likely N-dealkylation sites (N-methyl/N-ethyl adjacent to an activating group) is 1. The van der Waals surface area contributed by atoms with Gasteiger partial charge in [0.05, 0.1) is 10.5 Å². The Kier molecular flexibility index (Phi) is 4.67. The second-order valence-electron chi connectivity index (χ2n) is 5.06. The van der Waals surface area contributed by atoms with Gasteiger partial charge >= 0.3 is 11.7 Å². The zero-order valence-corrected chi connectivity index (χ0v) is 11.7. The zero-order valence-electron chi connectivity index (χ0n) is 11.7. The molecule has 0 atom stereocenters. The van der Waals surface area contributed by atoms with E-state index in [1.807, 2.05) is 0 Å². The van der Waals surface area contributed by atoms with E-state index in [2.05, 4.69) is 0 Å². The normalized spacial score (nSPS) is 11.2. The van der Waals surface area contributed by atoms with Crippen molar-refractivity contribution in [1.82, 2.24) is 0 Å². The van der Waals surface area contributed by atoms with Crippen molar-refractivity contribution in [3.63, 3.8) is 0 Å². The molecule has 0 aliphatic carbocycles. The van der Waals surface area contributed by atoms with E-state index in [0.717, 1.165) is 0 Å². The summed E-state index contributed by atoms with van der Waals surface area (Å²) >= 11 is 0. The number of carboxylic acids is 1. The van der Waals surface area contributed by atoms with Crippen molar-refractivity contribution in [2.45, 2.75) is 26.4 Å². The van der Waals surface area contributed by atoms with E-state index >= 15 is 0 Å². The minimum absolute atomic E-state index is 0.160. The van der Waals surface area contributed by atoms with Crippen molar-refractivity contribution in [1.29, 1.82) is 0 Å². The third-order valence-electron chi connectivity index (χ3n) is 2.73. The molecule has 0 amide bonds. The predicted molar refractivity (Wildman–Crippen MR) is 74.2 cm³/mol. The van der Waals surface area contributed by atoms with Crippen molar-refractivity contribution < 1.29 is 19.9 Å². The van der Waals surface area contributed by atoms with Crippen LogP contribution in [0.1, 0.15) is 31.1 Å². The quantitative estimate of drug-likeness (QED) is 0.610. The second-order valence-corrected chi connectivity index (χ2v) is 5.06. The van der Waals surface area contributed by atoms with Crippen LogP contribution in [0.4, 0.5) is 11.4 Å². The molecule has 2 N–H and O–H groups in total. The summed E-state index contributed by atoms with van der Waals surface area (Å²) in [4.78, 5) is 23.2. The molecule has 20 heavy (non-hydrogen) atoms. The zero-order chi connectivity index (χ0) is 15.5. The summed E-state index contributed by atoms with van der Waals surface area (Å²) in [7, 11) is 0. The molecule has 0 aromatic heterocycles. The van der Waals surface area contributed by atoms with Crippen molar-refractivity contribution in [2.75, 3.05) is 18.0 Å². The average molecular weight is 282 g/mol. The number of nitro groups is 1. The Labute approximate surface area is 116 Å². The molecular formula is C13H18N2O5. The highest BCUT2D eigenvalue weighted by Crippen LogP contribution is 2.32. The predicted octanol–water partition coefficient (Wildman–Crippen LogP) is 1.89. The highest BCUT2D eigenvalue weighted by atomic mass is 16.6. The van der Waals surface area contributed by atoms with Gasteiger partial charge in [0.2, 0.25) is 0 Å². The summed E-state index contributed by atoms with van der Waals surface area (Å²) in [5.74, 6) is -1.35. The Balaban J connectivity index is 3.39. The van der Waals surface area contributed by atoms with Crippen LogP contribution in [0.25, 0.3) is 0 Å². The van der Waals surface area contributed by atoms with Crippen LogP contribution < -0.4 is 4.90 Å². The van der Waals surface area contributed by atoms with Crippen molar-refractivity contribution in [2.24, 2.45) is 0 Å². The van der Waals surface area contributed by atoms with Crippen molar-refractivity contribution in [3.8, 4) is 0 Å². The van der Waals surface area contributed by atoms with Crippen LogP contribution in [-0.4, -0.2) is 39.8 Å². The summed E-state index contributed by atoms with van der Waals surface area (Å²) in [5, 5.41) is 30.1. The first-order valence-electron chi connectivity index (χ1n) is 6.15. The van der Waals surface area contributed by atoms with Crippen LogP contribution in [-0.2, 0) is 0 Å². The molecule has 0 heterocycles. The molecule has 1 aromatic rings. The van der Waals surface area contributed by atoms with Gasteiger partial charge in [-0.05, 0) is 32.9 Å². The fourth-order valence-electron chi connectivity index (χ4n) is 1.99. The number of aliphatic hydroxyl groups is 1. The van der Waals surface area contributed by atoms with Gasteiger partial charge in [0.25, 0.3) is 0 Å². The number of para-hydroxylation sites is 1. The molecule has 7 nitrogen and oxygen atoms in total. The smallest absolute Gasteiger partial charge is 0.342 e. The van der Waals surface area contributed by atoms with Gasteiger partial charge in [0.1, 0.15) is 11.3 Å². The second kappa shape index (κ2) is 5.87. The molecule has 1 aromatic carbocycles. The third-order valence-corrected chi connectivity index (χ3v) is 2.73. The lowest BCUT2D eigenvalue weighted by molar-refractivity contribution is -0.384. The van der Waals surface area contributed by atoms with E-state index in [1.165, 1.54) is 18.2 Å². The van der Waals surface area contributed by atoms with Crippen LogP contribution in [0.2, 0.25) is 0 Å². The van der Waals surface area contributed by atoms with Gasteiger partial charge in [-0.25, -0.2) is 4.79 Å². The van der Waals surface area contributed by atoms with Gasteiger partial charge in [0.15, 0.2) is 0 Å². The Hall–Kier alpha value is -2.15. The maximum absolute atomic E-state index is 11.2. The summed E-state index contributed by atoms with van der Waals surface area (Å²) in [6.07, 6.45) is 0. The highest BCUT2D eigenvalue weighted by molar-refractivity contribution is 5.95. The Bertz CT molecular complexity index is 522. The molecule has 7 heteroatoms. The minimum atomic E-state index is -1.35. The van der Waals surface area contributed by atoms with E-state index in [1.54, 1.807) is 25.7 Å². The number of carbonyl (C=O) groups is 1. The van der Waals surface area contributed by atoms with Gasteiger partial charge in [-0.2, -0.15) is 0 Å². The molecular weight excluding hydrogens is 264 g/mol. The molecule has 110 valence electrons. The number of rotatable bonds is 6. The molecule has 0 aliphatic heterocycles. The first-order valence-corrected chi connectivity index (χ1v) is 6.15. The average Bonchev–Trinajstić information content (AvgIpc) is 2.33. The Morgan fingerprint density at radius 2 is 2.05 bits per heavy atom. The first-order chi connectivity index (χ1) is 9.17. The van der Waals surface area contributed by atoms with Gasteiger partial charge in [-0.1, -0.05) is 6.07 Å². The standard InChI is InChI=1S/C13H18N2O5/c1-4-14(8-13(2,3)18)10-7-5-6-9(12(16)17)11(10)15(19)20/h5-7,18H,4,8H2,1-3H3,(H,16,17). The molecule has 0 saturated carbocycles. The molecule has 0 radical (unpaired) electrons. The third kappa shape index (κ3) is 3.67. The number of carboxylic acid groups (broad SMARTS) is 1. The van der Waals surface area contributed by atoms with E-state index in [9.17, 15) is 20.0 Å². The SMILES string of the molecule is CCN(CC(C)(C)O)c1cccc(C(=O)O)c1[N+](=O)[O-]. The van der Waals surface area contributed by atoms with Crippen molar-refractivity contribution in [3.05, 3.63) is 33.9 Å². The number of hydrogen-bond acceptors (Lipinski definition) is 5. The summed E-state index contributed by atoms with van der Waals surface area (Å²) in [6.45, 7) is 5.52. The first kappa shape index (κ1) is 15.9. The monoisotopic (exact) mass is 282 g/mol. The topological polar surface area (TPSA) is 104 Å². The van der Waals surface area contributed by atoms with E-state index in [-0.39, 0.29) is 17.8 Å². The van der Waals surface area contributed by atoms with Crippen molar-refractivity contribution >= 4 is 17.3 Å². The Morgan fingerprint density at radius 3 is 2.45 bits per heavy atom. The number of aromatic carboxylic acids is 1. The Morgan fingerprint density at radius 1 is 1.45 bits per heavy atom. The van der Waals surface area contributed by atoms with E-state index in [4.69, 9.17) is 5.11 Å². The highest BCUT2D eigenvalue weighted by Gasteiger charge is 2.28. The largest absolute Gasteiger partial charge is 0.477 e. The number of nitro benzene ring substituents is 1. The molecule has 0 saturated heterocycles. The lowest BCUT2D eigenvalue weighted by Gasteiger charge is -2.29. The number of anilines is 1. The van der Waals surface area contributed by atoms with Crippen LogP contribution in [0.3, 0.4) is 0 Å². The van der Waals surface area contributed by atoms with Gasteiger partial charge in [-0.15, -0.1) is 0 Å². The molecule has 0 fully saturated rings. The van der Waals surface area contributed by atoms with E-state index in [0.29, 0.717) is 6.54 Å². The number of benzene rings is 1. The molecule has 0 bridgehead atoms. The van der Waals surface area contributed by atoms with Gasteiger partial charge in [0, 0.05) is 13.1 Å². The minimum Gasteiger partial charge on any atom is -0.477 e. The molecule has 0 aliphatic rings. The van der Waals surface area contributed by atoms with Crippen LogP contribution in [0.5, 0.6) is 0 Å². The maximum Gasteiger partial charge on any atom is 0.342 e. The summed E-state index contributed by atoms with van der Waals surface area (Å²) in [6, 6.07) is 4.14. The van der Waals surface area contributed by atoms with E-state index < -0.39 is 22.2 Å². The van der Waals surface area contributed by atoms with Crippen LogP contribution >= 0.6 is 0 Å². The van der Waals surface area contributed by atoms with Crippen LogP contribution in [0.15, 0.2) is 18.2 Å². The maximum atomic E-state index is 11.2. The molecule has 0 unspecified atom stereocenters. The summed E-state index contributed by atoms with van der Waals surface area (Å²) < 4.78 is 0. The number of hydrogen-bond donors (Lipinski definition) is 2. The van der Waals surface area contributed by atoms with Gasteiger partial charge in [-0.3, -0.25) is 10.1 Å².